The molecule has 0 spiro atoms. The molecule has 31 radical (unpaired) electrons. The highest BCUT2D eigenvalue weighted by Crippen LogP contribution is 2.22. The summed E-state index contributed by atoms with van der Waals surface area (Å²) >= 11 is 5.40. The Labute approximate surface area is 517 Å². The van der Waals surface area contributed by atoms with Crippen molar-refractivity contribution in [1.29, 1.82) is 0 Å². The number of hydrogen-bond donors (Lipinski definition) is 2. The summed E-state index contributed by atoms with van der Waals surface area (Å²) < 4.78 is 1.95. The highest BCUT2D eigenvalue weighted by molar-refractivity contribution is 8.26. The first-order valence-electron chi connectivity index (χ1n) is 23.9. The van der Waals surface area contributed by atoms with E-state index in [0.717, 1.165) is 22.3 Å². The van der Waals surface area contributed by atoms with Gasteiger partial charge in [0, 0.05) is 300 Å². The van der Waals surface area contributed by atoms with Gasteiger partial charge in [0.2, 0.25) is 0 Å². The van der Waals surface area contributed by atoms with Crippen LogP contribution < -0.4 is 0 Å². The number of nitrogens with zero attached hydrogens (tertiary/aromatic N) is 4. The number of nitro groups is 1. The van der Waals surface area contributed by atoms with Gasteiger partial charge in [-0.05, 0) is 117 Å². The van der Waals surface area contributed by atoms with E-state index in [-0.39, 0.29) is 10.6 Å². The number of aromatic amines is 2. The average molecular weight is 1020 g/mol. The summed E-state index contributed by atoms with van der Waals surface area (Å²) in [6.45, 7) is 7.23. The first-order chi connectivity index (χ1) is 39.8. The smallest absolute Gasteiger partial charge is 0.271 e. The number of benzene rings is 1. The minimum atomic E-state index is -1.03. The second-order valence-electron chi connectivity index (χ2n) is 16.4. The number of fused-ring (bicyclic) bond motifs is 1. The van der Waals surface area contributed by atoms with Gasteiger partial charge in [0.15, 0.2) is 0 Å². The molecule has 335 valence electrons. The number of nitro benzene ring substituents is 1. The summed E-state index contributed by atoms with van der Waals surface area (Å²) in [7, 11) is 91.2. The first-order valence-corrected chi connectivity index (χ1v) is 24.5. The normalized spacial score (nSPS) is 7.77. The van der Waals surface area contributed by atoms with E-state index in [4.69, 9.17) is 128 Å². The Kier molecular flexibility index (Phi) is 39.2. The van der Waals surface area contributed by atoms with Crippen molar-refractivity contribution in [2.24, 2.45) is 0 Å². The summed E-state index contributed by atoms with van der Waals surface area (Å²) in [5.74, 6) is 0.514. The second-order valence-corrected chi connectivity index (χ2v) is 16.7. The van der Waals surface area contributed by atoms with Crippen molar-refractivity contribution in [3.05, 3.63) is 245 Å². The van der Waals surface area contributed by atoms with Gasteiger partial charge >= 0.3 is 0 Å². The number of hydrogen-bond acceptors (Lipinski definition) is 4. The Hall–Kier alpha value is -7.45. The molecular formula is C45H19B29ClN6O2. The molecule has 4 rings (SSSR count). The second kappa shape index (κ2) is 44.2. The largest absolute Gasteiger partial charge is 0.348 e. The highest BCUT2D eigenvalue weighted by atomic mass is 35.5. The molecule has 0 aliphatic heterocycles. The number of alkyl halides is 1. The Balaban J connectivity index is 0.000000596. The van der Waals surface area contributed by atoms with Crippen molar-refractivity contribution < 1.29 is 4.92 Å². The molecule has 0 bridgehead atoms. The third kappa shape index (κ3) is 29.9. The van der Waals surface area contributed by atoms with Gasteiger partial charge in [0.1, 0.15) is 0 Å². The van der Waals surface area contributed by atoms with Crippen LogP contribution in [0.3, 0.4) is 0 Å². The van der Waals surface area contributed by atoms with E-state index >= 15 is 0 Å². The Morgan fingerprint density at radius 2 is 0.843 bits per heavy atom. The Morgan fingerprint density at radius 3 is 1.11 bits per heavy atom. The van der Waals surface area contributed by atoms with Gasteiger partial charge in [-0.2, -0.15) is 0 Å². The number of non-ortho nitro benzene ring substituents is 1. The Bertz CT molecular complexity index is 3710. The molecule has 0 fully saturated rings. The molecule has 3 heterocycles. The summed E-state index contributed by atoms with van der Waals surface area (Å²) in [5, 5.41) is 11.8. The molecule has 0 aliphatic rings. The zero-order chi connectivity index (χ0) is 62.0. The van der Waals surface area contributed by atoms with Crippen LogP contribution in [0.15, 0.2) is 223 Å². The van der Waals surface area contributed by atoms with Gasteiger partial charge in [-0.1, -0.05) is 11.5 Å². The van der Waals surface area contributed by atoms with Crippen LogP contribution >= 0.6 is 11.6 Å². The van der Waals surface area contributed by atoms with Gasteiger partial charge in [0.05, 0.1) is 41.2 Å². The molecule has 3 aromatic heterocycles. The van der Waals surface area contributed by atoms with Crippen LogP contribution in [-0.4, -0.2) is 236 Å². The predicted octanol–water partition coefficient (Wildman–Crippen LogP) is -2.58. The minimum Gasteiger partial charge on any atom is -0.348 e. The molecular weight excluding hydrogens is 1010 g/mol. The van der Waals surface area contributed by atoms with Gasteiger partial charge < -0.3 is 14.5 Å². The van der Waals surface area contributed by atoms with E-state index in [1.54, 1.807) is 37.2 Å². The average Bonchev–Trinajstić information content (AvgIpc) is 4.38. The lowest BCUT2D eigenvalue weighted by Gasteiger charge is -2.49. The number of rotatable bonds is 17. The first kappa shape index (κ1) is 73.6. The molecule has 83 heavy (non-hydrogen) atoms. The van der Waals surface area contributed by atoms with Crippen LogP contribution in [0.25, 0.3) is 10.9 Å². The van der Waals surface area contributed by atoms with Gasteiger partial charge in [0.25, 0.3) is 5.69 Å². The summed E-state index contributed by atoms with van der Waals surface area (Å²) in [4.78, 5) is 24.0. The maximum Gasteiger partial charge on any atom is 0.271 e. The van der Waals surface area contributed by atoms with Gasteiger partial charge in [-0.3, -0.25) is 10.1 Å². The fourth-order valence-corrected chi connectivity index (χ4v) is 7.65. The van der Waals surface area contributed by atoms with Crippen LogP contribution in [0.5, 0.6) is 0 Å². The molecule has 0 saturated heterocycles. The highest BCUT2D eigenvalue weighted by Gasteiger charge is 2.51. The standard InChI is InChI=1S/C29H4.C12H10N4O2.C4H5ClN2.B29/c1-3-5-7-9-11-13-15-17-19-21-23-25-27-29-28-26-24-22-20-18-16-14-12-10-8-6-4-2;17-16(18)11-2-1-9-3-4-15(12(9)5-11)7-10-6-13-8-14-10;5-1-4-2-6-3-7-4;1-16-24(17(2)3)28(25(18(4)5)19(6)7)29(26(20(8)9)21(10)11)27(22(12)13)23(14)15/h1-2H2;1-6,8H,7H2,(H,13,14);2-3H,1H2,(H,6,7);. The molecule has 0 unspecified atom stereocenters. The molecule has 38 heteroatoms. The van der Waals surface area contributed by atoms with E-state index in [0.29, 0.717) is 12.4 Å². The Morgan fingerprint density at radius 1 is 0.506 bits per heavy atom. The van der Waals surface area contributed by atoms with E-state index in [1.807, 2.05) is 16.8 Å². The van der Waals surface area contributed by atoms with Crippen molar-refractivity contribution in [3.8, 4) is 0 Å². The summed E-state index contributed by atoms with van der Waals surface area (Å²) in [5.41, 5.74) is 69.8. The molecule has 0 amide bonds. The van der Waals surface area contributed by atoms with Crippen molar-refractivity contribution in [3.63, 3.8) is 0 Å². The van der Waals surface area contributed by atoms with E-state index < -0.39 is 83.0 Å². The maximum absolute atomic E-state index is 10.8. The van der Waals surface area contributed by atoms with Crippen molar-refractivity contribution in [1.82, 2.24) is 24.5 Å². The predicted molar refractivity (Wildman–Crippen MR) is 367 cm³/mol. The number of aromatic nitrogens is 5. The SMILES string of the molecule is C=C=C=C=C=C=C=C=C=C=C=C=C=C=C=C=C=C=C=C=C=C=C=C=C=C=C=C=C.ClCc1cnc[nH]1.O=[N+]([O-])c1ccc2ccn(Cc3cnc[nH]3)c2c1.[B][B]B(B([B])[B])B(B(B([B])[B])B([B])[B])B(B(B([B])[B])B([B])[B])B(B([B])[B])B([B])[B]. The molecule has 0 atom stereocenters. The van der Waals surface area contributed by atoms with Crippen molar-refractivity contribution in [2.75, 3.05) is 0 Å². The fraction of sp³-hybridized carbons (Fsp3) is 0.0444. The number of nitrogens with one attached hydrogen (secondary N) is 2. The van der Waals surface area contributed by atoms with Crippen LogP contribution in [0, 0.1) is 10.1 Å². The molecule has 4 aromatic rings. The van der Waals surface area contributed by atoms with Gasteiger partial charge in [-0.15, -0.1) is 11.6 Å². The maximum atomic E-state index is 10.8. The number of imidazole rings is 2. The third-order valence-corrected chi connectivity index (χ3v) is 11.1. The van der Waals surface area contributed by atoms with Gasteiger partial charge in [-0.25, -0.2) is 9.97 Å². The van der Waals surface area contributed by atoms with E-state index in [1.165, 1.54) is 13.1 Å². The molecule has 2 N–H and O–H groups in total. The third-order valence-electron chi connectivity index (χ3n) is 10.8. The van der Waals surface area contributed by atoms with E-state index in [9.17, 15) is 10.1 Å². The minimum absolute atomic E-state index is 0.104. The van der Waals surface area contributed by atoms with Crippen molar-refractivity contribution >= 4 is 234 Å². The van der Waals surface area contributed by atoms with Crippen molar-refractivity contribution in [2.45, 2.75) is 12.4 Å². The zero-order valence-corrected chi connectivity index (χ0v) is 45.5. The topological polar surface area (TPSA) is 105 Å². The zero-order valence-electron chi connectivity index (χ0n) is 44.8. The van der Waals surface area contributed by atoms with Crippen LogP contribution in [0.4, 0.5) is 5.69 Å². The lowest BCUT2D eigenvalue weighted by Crippen LogP contribution is -2.87. The lowest BCUT2D eigenvalue weighted by molar-refractivity contribution is -0.384. The monoisotopic (exact) mass is 1030 g/mol. The summed E-state index contributed by atoms with van der Waals surface area (Å²) in [6, 6.07) is 6.81. The van der Waals surface area contributed by atoms with Crippen LogP contribution in [-0.2, 0) is 12.4 Å². The number of H-pyrrole nitrogens is 2. The molecule has 1 aromatic carbocycles. The fourth-order valence-electron chi connectivity index (χ4n) is 7.51. The molecule has 8 nitrogen and oxygen atoms in total. The van der Waals surface area contributed by atoms with Crippen LogP contribution in [0.2, 0.25) is 0 Å². The van der Waals surface area contributed by atoms with E-state index in [2.05, 4.69) is 188 Å². The number of halogens is 1. The molecule has 0 aliphatic carbocycles. The molecule has 0 saturated carbocycles. The lowest BCUT2D eigenvalue weighted by atomic mass is 8.32. The summed E-state index contributed by atoms with van der Waals surface area (Å²) in [6.07, 6.45) is -3.29. The van der Waals surface area contributed by atoms with Crippen LogP contribution in [0.1, 0.15) is 11.4 Å². The quantitative estimate of drug-likeness (QED) is 0.0399.